The van der Waals surface area contributed by atoms with Gasteiger partial charge in [0.25, 0.3) is 10.0 Å². The van der Waals surface area contributed by atoms with Crippen molar-refractivity contribution < 1.29 is 12.8 Å². The minimum atomic E-state index is -3.79. The van der Waals surface area contributed by atoms with E-state index in [2.05, 4.69) is 36.6 Å². The second-order valence-electron chi connectivity index (χ2n) is 4.13. The Morgan fingerprint density at radius 2 is 1.85 bits per heavy atom. The lowest BCUT2D eigenvalue weighted by Crippen LogP contribution is -2.13. The van der Waals surface area contributed by atoms with Gasteiger partial charge in [-0.05, 0) is 68.6 Å². The van der Waals surface area contributed by atoms with Crippen LogP contribution in [0.1, 0.15) is 11.3 Å². The molecule has 0 unspecified atom stereocenters. The minimum absolute atomic E-state index is 0.146. The highest BCUT2D eigenvalue weighted by Crippen LogP contribution is 2.34. The Bertz CT molecular complexity index is 718. The molecule has 1 aromatic carbocycles. The normalized spacial score (nSPS) is 11.6. The minimum Gasteiger partial charge on any atom is -0.446 e. The van der Waals surface area contributed by atoms with Crippen molar-refractivity contribution in [2.24, 2.45) is 5.73 Å². The summed E-state index contributed by atoms with van der Waals surface area (Å²) in [5.74, 6) is 0.410. The van der Waals surface area contributed by atoms with E-state index < -0.39 is 10.0 Å². The summed E-state index contributed by atoms with van der Waals surface area (Å²) in [6, 6.07) is 6.54. The summed E-state index contributed by atoms with van der Waals surface area (Å²) in [5.41, 5.74) is 6.81. The van der Waals surface area contributed by atoms with Gasteiger partial charge in [-0.2, -0.15) is 8.42 Å². The van der Waals surface area contributed by atoms with Crippen LogP contribution in [-0.4, -0.2) is 8.42 Å². The molecule has 0 spiro atoms. The number of hydrogen-bond acceptors (Lipinski definition) is 4. The molecule has 0 aliphatic rings. The van der Waals surface area contributed by atoms with E-state index in [1.54, 1.807) is 0 Å². The van der Waals surface area contributed by atoms with Gasteiger partial charge in [0.2, 0.25) is 5.09 Å². The van der Waals surface area contributed by atoms with Gasteiger partial charge in [-0.15, -0.1) is 0 Å². The molecular weight excluding hydrogens is 412 g/mol. The first kappa shape index (κ1) is 15.6. The number of nitrogens with one attached hydrogen (secondary N) is 1. The zero-order valence-corrected chi connectivity index (χ0v) is 14.5. The lowest BCUT2D eigenvalue weighted by Gasteiger charge is -2.11. The molecule has 5 nitrogen and oxygen atoms in total. The summed E-state index contributed by atoms with van der Waals surface area (Å²) < 4.78 is 33.4. The summed E-state index contributed by atoms with van der Waals surface area (Å²) in [6.45, 7) is 2.06. The van der Waals surface area contributed by atoms with Crippen LogP contribution in [-0.2, 0) is 16.6 Å². The molecule has 8 heteroatoms. The number of anilines is 1. The molecule has 0 radical (unpaired) electrons. The number of furan rings is 1. The Balaban J connectivity index is 2.38. The zero-order valence-electron chi connectivity index (χ0n) is 10.5. The Hall–Kier alpha value is -0.830. The lowest BCUT2D eigenvalue weighted by atomic mass is 10.2. The summed E-state index contributed by atoms with van der Waals surface area (Å²) >= 11 is 6.67. The van der Waals surface area contributed by atoms with Gasteiger partial charge in [-0.3, -0.25) is 4.72 Å². The van der Waals surface area contributed by atoms with E-state index >= 15 is 0 Å². The number of nitrogens with two attached hydrogens (primary N) is 1. The number of benzene rings is 1. The molecule has 0 amide bonds. The number of halogens is 2. The quantitative estimate of drug-likeness (QED) is 0.789. The molecule has 108 valence electrons. The highest BCUT2D eigenvalue weighted by Gasteiger charge is 2.21. The third-order valence-electron chi connectivity index (χ3n) is 2.53. The largest absolute Gasteiger partial charge is 0.446 e. The predicted molar refractivity (Wildman–Crippen MR) is 84.0 cm³/mol. The van der Waals surface area contributed by atoms with Gasteiger partial charge in [-0.25, -0.2) is 0 Å². The molecule has 1 aromatic heterocycles. The third-order valence-corrected chi connectivity index (χ3v) is 5.00. The molecule has 0 atom stereocenters. The van der Waals surface area contributed by atoms with Crippen molar-refractivity contribution in [2.75, 3.05) is 4.72 Å². The van der Waals surface area contributed by atoms with E-state index in [-0.39, 0.29) is 11.6 Å². The second kappa shape index (κ2) is 5.88. The van der Waals surface area contributed by atoms with Crippen LogP contribution in [0.5, 0.6) is 0 Å². The first-order valence-electron chi connectivity index (χ1n) is 5.60. The maximum absolute atomic E-state index is 12.2. The average molecular weight is 424 g/mol. The molecule has 0 bridgehead atoms. The standard InChI is InChI=1S/C12H12Br2N2O3S/c1-7-4-9(13)12(10(14)5-7)16-20(17,18)11-3-2-8(6-15)19-11/h2-5,16H,6,15H2,1H3. The van der Waals surface area contributed by atoms with Crippen LogP contribution in [0, 0.1) is 6.92 Å². The Kier molecular flexibility index (Phi) is 4.58. The smallest absolute Gasteiger partial charge is 0.295 e. The fourth-order valence-electron chi connectivity index (χ4n) is 1.59. The van der Waals surface area contributed by atoms with Crippen molar-refractivity contribution in [3.05, 3.63) is 44.5 Å². The molecule has 1 heterocycles. The summed E-state index contributed by atoms with van der Waals surface area (Å²) in [5, 5.41) is -0.169. The fraction of sp³-hybridized carbons (Fsp3) is 0.167. The zero-order chi connectivity index (χ0) is 14.9. The first-order chi connectivity index (χ1) is 9.33. The van der Waals surface area contributed by atoms with E-state index in [4.69, 9.17) is 10.2 Å². The molecular formula is C12H12Br2N2O3S. The van der Waals surface area contributed by atoms with Crippen LogP contribution in [0.25, 0.3) is 0 Å². The van der Waals surface area contributed by atoms with Crippen molar-refractivity contribution in [2.45, 2.75) is 18.6 Å². The number of aryl methyl sites for hydroxylation is 1. The van der Waals surface area contributed by atoms with E-state index in [0.29, 0.717) is 20.4 Å². The molecule has 2 rings (SSSR count). The highest BCUT2D eigenvalue weighted by atomic mass is 79.9. The van der Waals surface area contributed by atoms with Crippen molar-refractivity contribution in [1.82, 2.24) is 0 Å². The van der Waals surface area contributed by atoms with Crippen molar-refractivity contribution in [1.29, 1.82) is 0 Å². The van der Waals surface area contributed by atoms with Crippen LogP contribution in [0.2, 0.25) is 0 Å². The van der Waals surface area contributed by atoms with E-state index in [1.165, 1.54) is 12.1 Å². The van der Waals surface area contributed by atoms with E-state index in [0.717, 1.165) is 5.56 Å². The number of rotatable bonds is 4. The van der Waals surface area contributed by atoms with Crippen LogP contribution >= 0.6 is 31.9 Å². The van der Waals surface area contributed by atoms with Crippen molar-refractivity contribution >= 4 is 47.6 Å². The Morgan fingerprint density at radius 3 is 2.35 bits per heavy atom. The van der Waals surface area contributed by atoms with Crippen LogP contribution in [0.15, 0.2) is 42.7 Å². The molecule has 2 aromatic rings. The van der Waals surface area contributed by atoms with Crippen molar-refractivity contribution in [3.63, 3.8) is 0 Å². The number of hydrogen-bond donors (Lipinski definition) is 2. The second-order valence-corrected chi connectivity index (χ2v) is 7.46. The van der Waals surface area contributed by atoms with Gasteiger partial charge in [0.1, 0.15) is 5.76 Å². The maximum atomic E-state index is 12.2. The maximum Gasteiger partial charge on any atom is 0.295 e. The van der Waals surface area contributed by atoms with Gasteiger partial charge in [0.05, 0.1) is 12.2 Å². The molecule has 0 aliphatic heterocycles. The summed E-state index contributed by atoms with van der Waals surface area (Å²) in [4.78, 5) is 0. The summed E-state index contributed by atoms with van der Waals surface area (Å²) in [6.07, 6.45) is 0. The Labute approximate surface area is 133 Å². The van der Waals surface area contributed by atoms with Gasteiger partial charge in [0, 0.05) is 8.95 Å². The molecule has 3 N–H and O–H groups in total. The van der Waals surface area contributed by atoms with Crippen LogP contribution < -0.4 is 10.5 Å². The van der Waals surface area contributed by atoms with E-state index in [1.807, 2.05) is 19.1 Å². The molecule has 20 heavy (non-hydrogen) atoms. The van der Waals surface area contributed by atoms with Gasteiger partial charge in [-0.1, -0.05) is 0 Å². The van der Waals surface area contributed by atoms with Crippen LogP contribution in [0.4, 0.5) is 5.69 Å². The average Bonchev–Trinajstić information content (AvgIpc) is 2.83. The summed E-state index contributed by atoms with van der Waals surface area (Å²) in [7, 11) is -3.79. The predicted octanol–water partition coefficient (Wildman–Crippen LogP) is 3.37. The molecule has 0 aliphatic carbocycles. The first-order valence-corrected chi connectivity index (χ1v) is 8.67. The monoisotopic (exact) mass is 422 g/mol. The van der Waals surface area contributed by atoms with Crippen molar-refractivity contribution in [3.8, 4) is 0 Å². The molecule has 0 saturated heterocycles. The van der Waals surface area contributed by atoms with E-state index in [9.17, 15) is 8.42 Å². The third kappa shape index (κ3) is 3.25. The fourth-order valence-corrected chi connectivity index (χ4v) is 4.52. The van der Waals surface area contributed by atoms with Gasteiger partial charge < -0.3 is 10.2 Å². The number of sulfonamides is 1. The SMILES string of the molecule is Cc1cc(Br)c(NS(=O)(=O)c2ccc(CN)o2)c(Br)c1. The molecule has 0 fully saturated rings. The van der Waals surface area contributed by atoms with Crippen LogP contribution in [0.3, 0.4) is 0 Å². The topological polar surface area (TPSA) is 85.3 Å². The van der Waals surface area contributed by atoms with Gasteiger partial charge >= 0.3 is 0 Å². The Morgan fingerprint density at radius 1 is 1.25 bits per heavy atom. The molecule has 0 saturated carbocycles. The lowest BCUT2D eigenvalue weighted by molar-refractivity contribution is 0.417. The highest BCUT2D eigenvalue weighted by molar-refractivity contribution is 9.11. The van der Waals surface area contributed by atoms with Gasteiger partial charge in [0.15, 0.2) is 0 Å².